The van der Waals surface area contributed by atoms with E-state index in [0.717, 1.165) is 29.0 Å². The van der Waals surface area contributed by atoms with Crippen molar-refractivity contribution in [3.8, 4) is 11.6 Å². The molecule has 7 nitrogen and oxygen atoms in total. The number of hydrogen-bond donors (Lipinski definition) is 1. The molecule has 0 saturated heterocycles. The standard InChI is InChI=1S/C23H26N4O3/c1-15-4-9-20(24-12-15)19-10-17(19)14-30-22-11-21(23(28)27(2)26-22)25-13-16-5-7-18(29-3)8-6-16/h4-9,11-12,17,19,25H,10,13-14H2,1-3H3/t17-,19+/m1/s1. The van der Waals surface area contributed by atoms with Crippen LogP contribution in [0.1, 0.15) is 29.2 Å². The van der Waals surface area contributed by atoms with E-state index in [-0.39, 0.29) is 5.56 Å². The fourth-order valence-corrected chi connectivity index (χ4v) is 3.40. The van der Waals surface area contributed by atoms with Gasteiger partial charge in [0.25, 0.3) is 5.56 Å². The minimum atomic E-state index is -0.191. The van der Waals surface area contributed by atoms with E-state index in [4.69, 9.17) is 9.47 Å². The van der Waals surface area contributed by atoms with Crippen LogP contribution < -0.4 is 20.3 Å². The lowest BCUT2D eigenvalue weighted by molar-refractivity contribution is 0.278. The molecule has 1 aliphatic rings. The highest BCUT2D eigenvalue weighted by Crippen LogP contribution is 2.46. The number of rotatable bonds is 8. The second-order valence-corrected chi connectivity index (χ2v) is 7.70. The number of aryl methyl sites for hydroxylation is 2. The quantitative estimate of drug-likeness (QED) is 0.619. The van der Waals surface area contributed by atoms with Crippen LogP contribution in [0, 0.1) is 12.8 Å². The Morgan fingerprint density at radius 1 is 1.20 bits per heavy atom. The SMILES string of the molecule is COc1ccc(CNc2cc(OC[C@H]3C[C@@H]3c3ccc(C)cn3)nn(C)c2=O)cc1. The van der Waals surface area contributed by atoms with E-state index < -0.39 is 0 Å². The Morgan fingerprint density at radius 2 is 2.00 bits per heavy atom. The summed E-state index contributed by atoms with van der Waals surface area (Å²) < 4.78 is 12.4. The molecule has 0 amide bonds. The fourth-order valence-electron chi connectivity index (χ4n) is 3.40. The molecular formula is C23H26N4O3. The number of pyridine rings is 1. The van der Waals surface area contributed by atoms with Crippen molar-refractivity contribution in [2.75, 3.05) is 19.0 Å². The number of aromatic nitrogens is 3. The van der Waals surface area contributed by atoms with Gasteiger partial charge in [0.1, 0.15) is 11.4 Å². The van der Waals surface area contributed by atoms with Crippen LogP contribution in [0.2, 0.25) is 0 Å². The summed E-state index contributed by atoms with van der Waals surface area (Å²) in [5, 5.41) is 7.42. The summed E-state index contributed by atoms with van der Waals surface area (Å²) in [5.74, 6) is 2.10. The first-order valence-corrected chi connectivity index (χ1v) is 10.0. The van der Waals surface area contributed by atoms with Gasteiger partial charge < -0.3 is 14.8 Å². The van der Waals surface area contributed by atoms with Crippen molar-refractivity contribution in [1.82, 2.24) is 14.8 Å². The highest BCUT2D eigenvalue weighted by atomic mass is 16.5. The second-order valence-electron chi connectivity index (χ2n) is 7.70. The number of nitrogens with one attached hydrogen (secondary N) is 1. The number of benzene rings is 1. The van der Waals surface area contributed by atoms with Gasteiger partial charge in [-0.3, -0.25) is 9.78 Å². The predicted molar refractivity (Wildman–Crippen MR) is 115 cm³/mol. The molecule has 2 atom stereocenters. The topological polar surface area (TPSA) is 78.3 Å². The van der Waals surface area contributed by atoms with Crippen molar-refractivity contribution < 1.29 is 9.47 Å². The second kappa shape index (κ2) is 8.57. The van der Waals surface area contributed by atoms with E-state index >= 15 is 0 Å². The lowest BCUT2D eigenvalue weighted by atomic mass is 10.2. The first-order chi connectivity index (χ1) is 14.5. The van der Waals surface area contributed by atoms with Gasteiger partial charge in [0.05, 0.1) is 13.7 Å². The zero-order valence-corrected chi connectivity index (χ0v) is 17.5. The maximum absolute atomic E-state index is 12.4. The van der Waals surface area contributed by atoms with Gasteiger partial charge in [-0.15, -0.1) is 5.10 Å². The monoisotopic (exact) mass is 406 g/mol. The van der Waals surface area contributed by atoms with Gasteiger partial charge in [0.15, 0.2) is 0 Å². The molecule has 0 radical (unpaired) electrons. The molecule has 1 aliphatic carbocycles. The molecule has 0 aliphatic heterocycles. The molecule has 3 aromatic rings. The molecule has 30 heavy (non-hydrogen) atoms. The molecule has 0 bridgehead atoms. The summed E-state index contributed by atoms with van der Waals surface area (Å²) >= 11 is 0. The highest BCUT2D eigenvalue weighted by Gasteiger charge is 2.40. The Kier molecular flexibility index (Phi) is 5.70. The summed E-state index contributed by atoms with van der Waals surface area (Å²) in [5.41, 5.74) is 3.60. The van der Waals surface area contributed by atoms with Crippen LogP contribution in [-0.4, -0.2) is 28.5 Å². The molecule has 1 N–H and O–H groups in total. The number of ether oxygens (including phenoxy) is 2. The molecule has 0 spiro atoms. The summed E-state index contributed by atoms with van der Waals surface area (Å²) in [4.78, 5) is 16.9. The number of hydrogen-bond acceptors (Lipinski definition) is 6. The molecule has 156 valence electrons. The van der Waals surface area contributed by atoms with Crippen molar-refractivity contribution in [1.29, 1.82) is 0 Å². The molecule has 0 unspecified atom stereocenters. The van der Waals surface area contributed by atoms with Crippen molar-refractivity contribution in [2.24, 2.45) is 13.0 Å². The Balaban J connectivity index is 1.36. The Bertz CT molecular complexity index is 1060. The van der Waals surface area contributed by atoms with Gasteiger partial charge in [0.2, 0.25) is 5.88 Å². The predicted octanol–water partition coefficient (Wildman–Crippen LogP) is 3.29. The molecule has 7 heteroatoms. The van der Waals surface area contributed by atoms with Crippen LogP contribution in [-0.2, 0) is 13.6 Å². The van der Waals surface area contributed by atoms with Crippen molar-refractivity contribution >= 4 is 5.69 Å². The molecular weight excluding hydrogens is 380 g/mol. The molecule has 1 aromatic carbocycles. The van der Waals surface area contributed by atoms with E-state index in [2.05, 4.69) is 27.5 Å². The lowest BCUT2D eigenvalue weighted by Crippen LogP contribution is -2.24. The van der Waals surface area contributed by atoms with Gasteiger partial charge in [-0.1, -0.05) is 18.2 Å². The normalized spacial score (nSPS) is 17.4. The summed E-state index contributed by atoms with van der Waals surface area (Å²) in [6.07, 6.45) is 2.96. The zero-order valence-electron chi connectivity index (χ0n) is 17.5. The maximum atomic E-state index is 12.4. The molecule has 2 heterocycles. The van der Waals surface area contributed by atoms with E-state index in [0.29, 0.717) is 36.6 Å². The molecule has 1 saturated carbocycles. The van der Waals surface area contributed by atoms with Crippen LogP contribution in [0.3, 0.4) is 0 Å². The summed E-state index contributed by atoms with van der Waals surface area (Å²) in [6, 6.07) is 13.6. The third kappa shape index (κ3) is 4.62. The van der Waals surface area contributed by atoms with E-state index in [1.54, 1.807) is 20.2 Å². The third-order valence-electron chi connectivity index (χ3n) is 5.36. The van der Waals surface area contributed by atoms with Crippen molar-refractivity contribution in [3.05, 3.63) is 75.8 Å². The van der Waals surface area contributed by atoms with Gasteiger partial charge in [-0.05, 0) is 42.7 Å². The van der Waals surface area contributed by atoms with Crippen LogP contribution in [0.4, 0.5) is 5.69 Å². The lowest BCUT2D eigenvalue weighted by Gasteiger charge is -2.11. The maximum Gasteiger partial charge on any atom is 0.290 e. The van der Waals surface area contributed by atoms with Crippen LogP contribution >= 0.6 is 0 Å². The van der Waals surface area contributed by atoms with Gasteiger partial charge in [-0.25, -0.2) is 4.68 Å². The minimum absolute atomic E-state index is 0.191. The average Bonchev–Trinajstić information content (AvgIpc) is 3.54. The van der Waals surface area contributed by atoms with Gasteiger partial charge >= 0.3 is 0 Å². The molecule has 2 aromatic heterocycles. The molecule has 4 rings (SSSR count). The first-order valence-electron chi connectivity index (χ1n) is 10.0. The largest absolute Gasteiger partial charge is 0.497 e. The fraction of sp³-hybridized carbons (Fsp3) is 0.348. The first kappa shape index (κ1) is 19.9. The van der Waals surface area contributed by atoms with E-state index in [1.807, 2.05) is 37.4 Å². The van der Waals surface area contributed by atoms with Crippen molar-refractivity contribution in [2.45, 2.75) is 25.8 Å². The van der Waals surface area contributed by atoms with Crippen LogP contribution in [0.5, 0.6) is 11.6 Å². The molecule has 1 fully saturated rings. The zero-order chi connectivity index (χ0) is 21.1. The third-order valence-corrected chi connectivity index (χ3v) is 5.36. The van der Waals surface area contributed by atoms with Gasteiger partial charge in [-0.2, -0.15) is 0 Å². The summed E-state index contributed by atoms with van der Waals surface area (Å²) in [7, 11) is 3.26. The van der Waals surface area contributed by atoms with Crippen molar-refractivity contribution in [3.63, 3.8) is 0 Å². The smallest absolute Gasteiger partial charge is 0.290 e. The number of methoxy groups -OCH3 is 1. The Labute approximate surface area is 175 Å². The van der Waals surface area contributed by atoms with Gasteiger partial charge in [0, 0.05) is 43.4 Å². The number of anilines is 1. The summed E-state index contributed by atoms with van der Waals surface area (Å²) in [6.45, 7) is 3.12. The minimum Gasteiger partial charge on any atom is -0.497 e. The average molecular weight is 406 g/mol. The van der Waals surface area contributed by atoms with E-state index in [1.165, 1.54) is 4.68 Å². The van der Waals surface area contributed by atoms with E-state index in [9.17, 15) is 4.79 Å². The van der Waals surface area contributed by atoms with Crippen LogP contribution in [0.25, 0.3) is 0 Å². The Morgan fingerprint density at radius 3 is 2.70 bits per heavy atom. The highest BCUT2D eigenvalue weighted by molar-refractivity contribution is 5.44. The van der Waals surface area contributed by atoms with Crippen LogP contribution in [0.15, 0.2) is 53.5 Å². The Hall–Kier alpha value is -3.35. The number of nitrogens with zero attached hydrogens (tertiary/aromatic N) is 3.